The van der Waals surface area contributed by atoms with Gasteiger partial charge in [0.05, 0.1) is 0 Å². The summed E-state index contributed by atoms with van der Waals surface area (Å²) in [7, 11) is 0. The van der Waals surface area contributed by atoms with Crippen molar-refractivity contribution in [1.82, 2.24) is 0 Å². The van der Waals surface area contributed by atoms with Crippen molar-refractivity contribution >= 4 is 11.8 Å². The molecule has 0 saturated carbocycles. The van der Waals surface area contributed by atoms with E-state index in [1.165, 1.54) is 24.3 Å². The predicted octanol–water partition coefficient (Wildman–Crippen LogP) is 3.39. The van der Waals surface area contributed by atoms with Crippen LogP contribution in [0.3, 0.4) is 0 Å². The summed E-state index contributed by atoms with van der Waals surface area (Å²) >= 11 is 0. The van der Waals surface area contributed by atoms with Gasteiger partial charge in [-0.05, 0) is 12.1 Å². The van der Waals surface area contributed by atoms with E-state index < -0.39 is 18.4 Å². The Balaban J connectivity index is 2.62. The third-order valence-electron chi connectivity index (χ3n) is 1.57. The molecule has 1 N–H and O–H groups in total. The zero-order valence-corrected chi connectivity index (χ0v) is 8.09. The lowest BCUT2D eigenvalue weighted by atomic mass is 10.3. The molecule has 94 valence electrons. The highest BCUT2D eigenvalue weighted by Crippen LogP contribution is 2.36. The van der Waals surface area contributed by atoms with Crippen molar-refractivity contribution in [3.63, 3.8) is 0 Å². The van der Waals surface area contributed by atoms with Gasteiger partial charge in [0.15, 0.2) is 0 Å². The fourth-order valence-corrected chi connectivity index (χ4v) is 0.839. The van der Waals surface area contributed by atoms with E-state index in [9.17, 15) is 26.7 Å². The number of amides is 1. The number of carbonyl (C=O) groups is 1. The molecule has 17 heavy (non-hydrogen) atoms. The van der Waals surface area contributed by atoms with Gasteiger partial charge in [0.25, 0.3) is 0 Å². The molecule has 8 heteroatoms. The van der Waals surface area contributed by atoms with Gasteiger partial charge in [-0.3, -0.25) is 5.32 Å². The second-order valence-electron chi connectivity index (χ2n) is 2.90. The average molecular weight is 255 g/mol. The first-order valence-corrected chi connectivity index (χ1v) is 4.22. The highest BCUT2D eigenvalue weighted by Gasteiger charge is 2.62. The molecule has 1 aromatic carbocycles. The number of alkyl halides is 5. The lowest BCUT2D eigenvalue weighted by Crippen LogP contribution is -2.41. The maximum absolute atomic E-state index is 12.3. The summed E-state index contributed by atoms with van der Waals surface area (Å²) in [5, 5.41) is 1.73. The number of hydrogen-bond acceptors (Lipinski definition) is 2. The molecular formula is C9H6F5NO2. The summed E-state index contributed by atoms with van der Waals surface area (Å²) < 4.78 is 62.6. The van der Waals surface area contributed by atoms with Gasteiger partial charge in [-0.2, -0.15) is 22.0 Å². The Morgan fingerprint density at radius 2 is 1.59 bits per heavy atom. The first kappa shape index (κ1) is 13.2. The predicted molar refractivity (Wildman–Crippen MR) is 47.5 cm³/mol. The zero-order chi connectivity index (χ0) is 13.1. The molecule has 1 aromatic rings. The van der Waals surface area contributed by atoms with E-state index in [-0.39, 0.29) is 5.69 Å². The molecule has 0 aliphatic rings. The van der Waals surface area contributed by atoms with Crippen LogP contribution in [-0.2, 0) is 4.74 Å². The molecule has 0 radical (unpaired) electrons. The highest BCUT2D eigenvalue weighted by molar-refractivity contribution is 5.84. The van der Waals surface area contributed by atoms with Crippen molar-refractivity contribution in [2.24, 2.45) is 0 Å². The van der Waals surface area contributed by atoms with Crippen molar-refractivity contribution in [2.45, 2.75) is 12.3 Å². The number of hydrogen-bond donors (Lipinski definition) is 1. The summed E-state index contributed by atoms with van der Waals surface area (Å²) in [4.78, 5) is 10.8. The van der Waals surface area contributed by atoms with Gasteiger partial charge in [0.2, 0.25) is 0 Å². The van der Waals surface area contributed by atoms with Crippen LogP contribution in [0.15, 0.2) is 30.3 Å². The van der Waals surface area contributed by atoms with Crippen LogP contribution < -0.4 is 5.32 Å². The van der Waals surface area contributed by atoms with E-state index in [1.54, 1.807) is 11.4 Å². The standard InChI is InChI=1S/C9H6F5NO2/c10-8(11,12)9(13,14)17-7(16)15-6-4-2-1-3-5-6/h1-5H,(H,15,16). The number of benzene rings is 1. The highest BCUT2D eigenvalue weighted by atomic mass is 19.4. The molecular weight excluding hydrogens is 249 g/mol. The summed E-state index contributed by atoms with van der Waals surface area (Å²) in [5.74, 6) is 0. The molecule has 0 aliphatic carbocycles. The maximum Gasteiger partial charge on any atom is 0.502 e. The molecule has 0 spiro atoms. The summed E-state index contributed by atoms with van der Waals surface area (Å²) in [5.41, 5.74) is 0.0375. The molecule has 0 unspecified atom stereocenters. The third-order valence-corrected chi connectivity index (χ3v) is 1.57. The van der Waals surface area contributed by atoms with Crippen molar-refractivity contribution in [1.29, 1.82) is 0 Å². The van der Waals surface area contributed by atoms with Crippen LogP contribution in [0.5, 0.6) is 0 Å². The van der Waals surface area contributed by atoms with E-state index in [2.05, 4.69) is 4.74 Å². The van der Waals surface area contributed by atoms with Gasteiger partial charge < -0.3 is 4.74 Å². The number of rotatable bonds is 2. The summed E-state index contributed by atoms with van der Waals surface area (Å²) in [6.07, 6.45) is -13.4. The number of para-hydroxylation sites is 1. The van der Waals surface area contributed by atoms with Crippen molar-refractivity contribution in [3.05, 3.63) is 30.3 Å². The fourth-order valence-electron chi connectivity index (χ4n) is 0.839. The Kier molecular flexibility index (Phi) is 3.54. The molecule has 0 bridgehead atoms. The molecule has 0 heterocycles. The Labute approximate surface area is 92.2 Å². The number of carbonyl (C=O) groups excluding carboxylic acids is 1. The van der Waals surface area contributed by atoms with E-state index in [1.807, 2.05) is 0 Å². The van der Waals surface area contributed by atoms with Crippen molar-refractivity contribution in [3.8, 4) is 0 Å². The lowest BCUT2D eigenvalue weighted by molar-refractivity contribution is -0.369. The fraction of sp³-hybridized carbons (Fsp3) is 0.222. The van der Waals surface area contributed by atoms with Crippen molar-refractivity contribution < 1.29 is 31.5 Å². The van der Waals surface area contributed by atoms with Crippen LogP contribution >= 0.6 is 0 Å². The molecule has 0 saturated heterocycles. The van der Waals surface area contributed by atoms with Gasteiger partial charge >= 0.3 is 18.4 Å². The SMILES string of the molecule is O=C(Nc1ccccc1)OC(F)(F)C(F)(F)F. The quantitative estimate of drug-likeness (QED) is 0.822. The number of nitrogens with one attached hydrogen (secondary N) is 1. The maximum atomic E-state index is 12.3. The van der Waals surface area contributed by atoms with Crippen LogP contribution in [0, 0.1) is 0 Å². The van der Waals surface area contributed by atoms with Crippen LogP contribution in [-0.4, -0.2) is 18.4 Å². The Morgan fingerprint density at radius 3 is 2.06 bits per heavy atom. The molecule has 0 atom stereocenters. The Morgan fingerprint density at radius 1 is 1.06 bits per heavy atom. The average Bonchev–Trinajstić information content (AvgIpc) is 2.16. The molecule has 3 nitrogen and oxygen atoms in total. The second-order valence-corrected chi connectivity index (χ2v) is 2.90. The van der Waals surface area contributed by atoms with Gasteiger partial charge in [0.1, 0.15) is 0 Å². The summed E-state index contributed by atoms with van der Waals surface area (Å²) in [6, 6.07) is 7.08. The van der Waals surface area contributed by atoms with Crippen LogP contribution in [0.25, 0.3) is 0 Å². The number of halogens is 5. The molecule has 0 fully saturated rings. The molecule has 0 aromatic heterocycles. The first-order valence-electron chi connectivity index (χ1n) is 4.22. The molecule has 1 amide bonds. The molecule has 1 rings (SSSR count). The largest absolute Gasteiger partial charge is 0.502 e. The summed E-state index contributed by atoms with van der Waals surface area (Å²) in [6.45, 7) is 0. The zero-order valence-electron chi connectivity index (χ0n) is 8.09. The lowest BCUT2D eigenvalue weighted by Gasteiger charge is -2.18. The minimum Gasteiger partial charge on any atom is -0.377 e. The minimum atomic E-state index is -5.94. The van der Waals surface area contributed by atoms with Crippen LogP contribution in [0.4, 0.5) is 32.4 Å². The van der Waals surface area contributed by atoms with Crippen LogP contribution in [0.2, 0.25) is 0 Å². The Hall–Kier alpha value is -1.86. The topological polar surface area (TPSA) is 38.3 Å². The van der Waals surface area contributed by atoms with Gasteiger partial charge in [0, 0.05) is 5.69 Å². The smallest absolute Gasteiger partial charge is 0.377 e. The number of anilines is 1. The molecule has 0 aliphatic heterocycles. The number of ether oxygens (including phenoxy) is 1. The van der Waals surface area contributed by atoms with Crippen molar-refractivity contribution in [2.75, 3.05) is 5.32 Å². The van der Waals surface area contributed by atoms with E-state index in [0.717, 1.165) is 0 Å². The van der Waals surface area contributed by atoms with Gasteiger partial charge in [-0.15, -0.1) is 0 Å². The normalized spacial score (nSPS) is 12.1. The first-order chi connectivity index (χ1) is 7.72. The van der Waals surface area contributed by atoms with E-state index in [0.29, 0.717) is 0 Å². The third kappa shape index (κ3) is 3.58. The van der Waals surface area contributed by atoms with Gasteiger partial charge in [-0.1, -0.05) is 18.2 Å². The second kappa shape index (κ2) is 4.56. The van der Waals surface area contributed by atoms with E-state index >= 15 is 0 Å². The van der Waals surface area contributed by atoms with E-state index in [4.69, 9.17) is 0 Å². The Bertz CT molecular complexity index is 390. The van der Waals surface area contributed by atoms with Crippen LogP contribution in [0.1, 0.15) is 0 Å². The minimum absolute atomic E-state index is 0.0375. The monoisotopic (exact) mass is 255 g/mol. The van der Waals surface area contributed by atoms with Gasteiger partial charge in [-0.25, -0.2) is 4.79 Å².